The molecule has 0 atom stereocenters. The van der Waals surface area contributed by atoms with Crippen LogP contribution in [0.5, 0.6) is 0 Å². The fraction of sp³-hybridized carbons (Fsp3) is 0.0714. The Morgan fingerprint density at radius 3 is 2.45 bits per heavy atom. The van der Waals surface area contributed by atoms with Crippen molar-refractivity contribution in [3.05, 3.63) is 59.9 Å². The van der Waals surface area contributed by atoms with Crippen molar-refractivity contribution >= 4 is 21.4 Å². The second-order valence-electron chi connectivity index (χ2n) is 4.23. The Labute approximate surface area is 116 Å². The summed E-state index contributed by atoms with van der Waals surface area (Å²) in [6.07, 6.45) is 1.07. The molecule has 0 aliphatic heterocycles. The summed E-state index contributed by atoms with van der Waals surface area (Å²) in [6, 6.07) is 11.4. The van der Waals surface area contributed by atoms with Crippen molar-refractivity contribution in [3.63, 3.8) is 0 Å². The average molecular weight is 293 g/mol. The van der Waals surface area contributed by atoms with Crippen LogP contribution in [0.15, 0.2) is 53.4 Å². The van der Waals surface area contributed by atoms with E-state index in [1.807, 2.05) is 0 Å². The average Bonchev–Trinajstić information content (AvgIpc) is 2.38. The van der Waals surface area contributed by atoms with Crippen LogP contribution in [0.4, 0.5) is 10.1 Å². The van der Waals surface area contributed by atoms with Crippen molar-refractivity contribution in [2.45, 2.75) is 4.90 Å². The first-order valence-electron chi connectivity index (χ1n) is 5.74. The van der Waals surface area contributed by atoms with E-state index in [4.69, 9.17) is 0 Å². The number of nitrogens with one attached hydrogen (secondary N) is 1. The van der Waals surface area contributed by atoms with Gasteiger partial charge >= 0.3 is 0 Å². The van der Waals surface area contributed by atoms with Crippen LogP contribution in [0.1, 0.15) is 10.4 Å². The second kappa shape index (κ2) is 5.42. The minimum atomic E-state index is -3.36. The number of hydrogen-bond acceptors (Lipinski definition) is 3. The van der Waals surface area contributed by atoms with Crippen molar-refractivity contribution in [2.75, 3.05) is 11.6 Å². The summed E-state index contributed by atoms with van der Waals surface area (Å²) in [7, 11) is -3.36. The number of hydrogen-bond donors (Lipinski definition) is 1. The fourth-order valence-electron chi connectivity index (χ4n) is 1.65. The fourth-order valence-corrected chi connectivity index (χ4v) is 2.32. The molecule has 2 aromatic carbocycles. The summed E-state index contributed by atoms with van der Waals surface area (Å²) in [6.45, 7) is 0. The van der Waals surface area contributed by atoms with Gasteiger partial charge < -0.3 is 5.32 Å². The standard InChI is InChI=1S/C14H12FNO3S/c1-20(18,19)11-6-4-5-10(9-11)16-14(17)12-7-2-3-8-13(12)15/h2-9H,1H3,(H,16,17). The molecule has 4 nitrogen and oxygen atoms in total. The molecule has 2 aromatic rings. The Kier molecular flexibility index (Phi) is 3.85. The zero-order chi connectivity index (χ0) is 14.8. The van der Waals surface area contributed by atoms with Crippen LogP contribution in [0, 0.1) is 5.82 Å². The molecule has 0 aliphatic carbocycles. The minimum absolute atomic E-state index is 0.0869. The zero-order valence-corrected chi connectivity index (χ0v) is 11.4. The van der Waals surface area contributed by atoms with Gasteiger partial charge in [-0.15, -0.1) is 0 Å². The SMILES string of the molecule is CS(=O)(=O)c1cccc(NC(=O)c2ccccc2F)c1. The second-order valence-corrected chi connectivity index (χ2v) is 6.25. The summed E-state index contributed by atoms with van der Waals surface area (Å²) in [5.74, 6) is -1.27. The highest BCUT2D eigenvalue weighted by molar-refractivity contribution is 7.90. The van der Waals surface area contributed by atoms with Gasteiger partial charge in [0.2, 0.25) is 0 Å². The number of rotatable bonds is 3. The molecule has 1 N–H and O–H groups in total. The lowest BCUT2D eigenvalue weighted by Crippen LogP contribution is -2.14. The quantitative estimate of drug-likeness (QED) is 0.945. The van der Waals surface area contributed by atoms with Crippen LogP contribution in [0.3, 0.4) is 0 Å². The summed E-state index contributed by atoms with van der Waals surface area (Å²) >= 11 is 0. The van der Waals surface area contributed by atoms with E-state index in [1.54, 1.807) is 6.07 Å². The molecule has 104 valence electrons. The number of halogens is 1. The van der Waals surface area contributed by atoms with E-state index in [1.165, 1.54) is 42.5 Å². The monoisotopic (exact) mass is 293 g/mol. The van der Waals surface area contributed by atoms with Crippen LogP contribution >= 0.6 is 0 Å². The van der Waals surface area contributed by atoms with Crippen LogP contribution in [-0.2, 0) is 9.84 Å². The van der Waals surface area contributed by atoms with Gasteiger partial charge in [-0.1, -0.05) is 18.2 Å². The molecule has 0 unspecified atom stereocenters. The first kappa shape index (κ1) is 14.2. The van der Waals surface area contributed by atoms with Gasteiger partial charge in [0.1, 0.15) is 5.82 Å². The Hall–Kier alpha value is -2.21. The molecule has 1 amide bonds. The van der Waals surface area contributed by atoms with Crippen LogP contribution in [0.2, 0.25) is 0 Å². The number of carbonyl (C=O) groups excluding carboxylic acids is 1. The molecule has 0 saturated carbocycles. The van der Waals surface area contributed by atoms with Crippen molar-refractivity contribution < 1.29 is 17.6 Å². The summed E-state index contributed by atoms with van der Waals surface area (Å²) in [5, 5.41) is 2.47. The van der Waals surface area contributed by atoms with E-state index in [9.17, 15) is 17.6 Å². The minimum Gasteiger partial charge on any atom is -0.322 e. The van der Waals surface area contributed by atoms with Crippen molar-refractivity contribution in [2.24, 2.45) is 0 Å². The molecule has 0 heterocycles. The van der Waals surface area contributed by atoms with Gasteiger partial charge in [-0.05, 0) is 30.3 Å². The van der Waals surface area contributed by atoms with Crippen molar-refractivity contribution in [1.82, 2.24) is 0 Å². The van der Waals surface area contributed by atoms with E-state index < -0.39 is 21.6 Å². The van der Waals surface area contributed by atoms with Gasteiger partial charge in [0.15, 0.2) is 9.84 Å². The number of benzene rings is 2. The summed E-state index contributed by atoms with van der Waals surface area (Å²) < 4.78 is 36.3. The van der Waals surface area contributed by atoms with Gasteiger partial charge in [-0.25, -0.2) is 12.8 Å². The lowest BCUT2D eigenvalue weighted by atomic mass is 10.2. The third-order valence-corrected chi connectivity index (χ3v) is 3.75. The van der Waals surface area contributed by atoms with Crippen molar-refractivity contribution in [1.29, 1.82) is 0 Å². The van der Waals surface area contributed by atoms with Crippen LogP contribution in [0.25, 0.3) is 0 Å². The van der Waals surface area contributed by atoms with E-state index in [-0.39, 0.29) is 10.5 Å². The molecule has 0 aliphatic rings. The first-order valence-corrected chi connectivity index (χ1v) is 7.63. The van der Waals surface area contributed by atoms with Gasteiger partial charge in [0.05, 0.1) is 10.5 Å². The molecule has 0 saturated heterocycles. The van der Waals surface area contributed by atoms with Crippen LogP contribution in [-0.4, -0.2) is 20.6 Å². The highest BCUT2D eigenvalue weighted by atomic mass is 32.2. The number of anilines is 1. The summed E-state index contributed by atoms with van der Waals surface area (Å²) in [4.78, 5) is 12.0. The first-order chi connectivity index (χ1) is 9.38. The van der Waals surface area contributed by atoms with E-state index in [2.05, 4.69) is 5.32 Å². The Morgan fingerprint density at radius 1 is 1.10 bits per heavy atom. The maximum Gasteiger partial charge on any atom is 0.258 e. The molecule has 0 spiro atoms. The Balaban J connectivity index is 2.27. The van der Waals surface area contributed by atoms with Gasteiger partial charge in [0, 0.05) is 11.9 Å². The smallest absolute Gasteiger partial charge is 0.258 e. The largest absolute Gasteiger partial charge is 0.322 e. The molecule has 0 bridgehead atoms. The Bertz CT molecular complexity index is 757. The normalized spacial score (nSPS) is 11.1. The molecule has 2 rings (SSSR count). The molecule has 6 heteroatoms. The van der Waals surface area contributed by atoms with E-state index in [0.29, 0.717) is 5.69 Å². The lowest BCUT2D eigenvalue weighted by molar-refractivity contribution is 0.102. The van der Waals surface area contributed by atoms with Crippen molar-refractivity contribution in [3.8, 4) is 0 Å². The third-order valence-electron chi connectivity index (χ3n) is 2.64. The topological polar surface area (TPSA) is 63.2 Å². The molecular weight excluding hydrogens is 281 g/mol. The molecule has 0 fully saturated rings. The Morgan fingerprint density at radius 2 is 1.80 bits per heavy atom. The highest BCUT2D eigenvalue weighted by Crippen LogP contribution is 2.17. The molecular formula is C14H12FNO3S. The maximum absolute atomic E-state index is 13.5. The number of carbonyl (C=O) groups is 1. The third kappa shape index (κ3) is 3.21. The molecule has 20 heavy (non-hydrogen) atoms. The van der Waals surface area contributed by atoms with E-state index in [0.717, 1.165) is 6.26 Å². The summed E-state index contributed by atoms with van der Waals surface area (Å²) in [5.41, 5.74) is 0.193. The van der Waals surface area contributed by atoms with E-state index >= 15 is 0 Å². The van der Waals surface area contributed by atoms with Gasteiger partial charge in [0.25, 0.3) is 5.91 Å². The van der Waals surface area contributed by atoms with Crippen LogP contribution < -0.4 is 5.32 Å². The van der Waals surface area contributed by atoms with Gasteiger partial charge in [-0.3, -0.25) is 4.79 Å². The number of amides is 1. The molecule has 0 aromatic heterocycles. The molecule has 0 radical (unpaired) electrons. The predicted molar refractivity (Wildman–Crippen MR) is 73.9 cm³/mol. The maximum atomic E-state index is 13.5. The lowest BCUT2D eigenvalue weighted by Gasteiger charge is -2.07. The number of sulfone groups is 1. The highest BCUT2D eigenvalue weighted by Gasteiger charge is 2.12. The zero-order valence-electron chi connectivity index (χ0n) is 10.6. The van der Waals surface area contributed by atoms with Gasteiger partial charge in [-0.2, -0.15) is 0 Å². The predicted octanol–water partition coefficient (Wildman–Crippen LogP) is 2.48.